The van der Waals surface area contributed by atoms with Gasteiger partial charge < -0.3 is 0 Å². The average molecular weight is 572 g/mol. The molecule has 0 aliphatic carbocycles. The molecule has 0 amide bonds. The molecule has 42 heavy (non-hydrogen) atoms. The molecular formula is C40H63N2+. The molecule has 0 saturated heterocycles. The number of nitrogens with one attached hydrogen (secondary N) is 1. The molecule has 0 spiro atoms. The number of unbranched alkanes of at least 4 members (excludes halogenated alkanes) is 16. The third-order valence-electron chi connectivity index (χ3n) is 9.68. The van der Waals surface area contributed by atoms with Crippen LogP contribution >= 0.6 is 0 Å². The number of hydrogen-bond acceptors (Lipinski definition) is 0. The van der Waals surface area contributed by atoms with Crippen LogP contribution < -0.4 is 4.57 Å². The lowest BCUT2D eigenvalue weighted by atomic mass is 9.66. The standard InChI is InChI=1S/C40H62N2/c1-4-6-7-8-9-10-11-12-13-14-15-16-17-18-19-20-27-32-38(39-41-33-34-42(39)5-2)40(3,37-30-25-22-26-31-37)35-36-28-23-21-24-29-36/h21-26,28-31,33-34,38H,4-20,27,32,35H2,1-3H3/p+1. The second-order valence-corrected chi connectivity index (χ2v) is 13.1. The quantitative estimate of drug-likeness (QED) is 0.0815. The van der Waals surface area contributed by atoms with Crippen molar-refractivity contribution in [1.82, 2.24) is 4.98 Å². The van der Waals surface area contributed by atoms with Crippen LogP contribution in [0.15, 0.2) is 73.1 Å². The fourth-order valence-electron chi connectivity index (χ4n) is 7.05. The number of aromatic nitrogens is 2. The van der Waals surface area contributed by atoms with E-state index in [-0.39, 0.29) is 5.41 Å². The van der Waals surface area contributed by atoms with Crippen LogP contribution in [0.3, 0.4) is 0 Å². The molecule has 0 aliphatic rings. The fourth-order valence-corrected chi connectivity index (χ4v) is 7.05. The lowest BCUT2D eigenvalue weighted by molar-refractivity contribution is -0.701. The predicted molar refractivity (Wildman–Crippen MR) is 182 cm³/mol. The van der Waals surface area contributed by atoms with Gasteiger partial charge in [0.15, 0.2) is 0 Å². The topological polar surface area (TPSA) is 19.7 Å². The highest BCUT2D eigenvalue weighted by atomic mass is 15.1. The van der Waals surface area contributed by atoms with Gasteiger partial charge in [0.25, 0.3) is 5.82 Å². The number of rotatable bonds is 24. The van der Waals surface area contributed by atoms with Crippen molar-refractivity contribution in [2.75, 3.05) is 0 Å². The fraction of sp³-hybridized carbons (Fsp3) is 0.625. The maximum absolute atomic E-state index is 3.69. The molecule has 2 heteroatoms. The van der Waals surface area contributed by atoms with E-state index in [9.17, 15) is 0 Å². The van der Waals surface area contributed by atoms with Gasteiger partial charge in [-0.1, -0.05) is 184 Å². The molecule has 3 aromatic rings. The molecule has 2 aromatic carbocycles. The van der Waals surface area contributed by atoms with Gasteiger partial charge in [-0.15, -0.1) is 0 Å². The summed E-state index contributed by atoms with van der Waals surface area (Å²) >= 11 is 0. The molecule has 0 radical (unpaired) electrons. The highest BCUT2D eigenvalue weighted by Gasteiger charge is 2.41. The van der Waals surface area contributed by atoms with Crippen molar-refractivity contribution in [2.45, 2.75) is 161 Å². The van der Waals surface area contributed by atoms with E-state index in [1.165, 1.54) is 133 Å². The van der Waals surface area contributed by atoms with Gasteiger partial charge in [0, 0.05) is 5.41 Å². The molecule has 2 unspecified atom stereocenters. The van der Waals surface area contributed by atoms with Gasteiger partial charge >= 0.3 is 0 Å². The average Bonchev–Trinajstić information content (AvgIpc) is 3.50. The van der Waals surface area contributed by atoms with Crippen molar-refractivity contribution in [1.29, 1.82) is 0 Å². The number of imidazole rings is 1. The largest absolute Gasteiger partial charge is 0.258 e. The maximum Gasteiger partial charge on any atom is 0.258 e. The van der Waals surface area contributed by atoms with Gasteiger partial charge in [-0.05, 0) is 30.9 Å². The minimum atomic E-state index is 0.0133. The highest BCUT2D eigenvalue weighted by Crippen LogP contribution is 2.43. The Labute approximate surface area is 259 Å². The van der Waals surface area contributed by atoms with Gasteiger partial charge in [-0.2, -0.15) is 0 Å². The maximum atomic E-state index is 3.69. The molecule has 0 fully saturated rings. The van der Waals surface area contributed by atoms with Crippen molar-refractivity contribution in [2.24, 2.45) is 0 Å². The third kappa shape index (κ3) is 11.7. The van der Waals surface area contributed by atoms with E-state index in [0.717, 1.165) is 13.0 Å². The highest BCUT2D eigenvalue weighted by molar-refractivity contribution is 5.32. The van der Waals surface area contributed by atoms with E-state index in [4.69, 9.17) is 0 Å². The summed E-state index contributed by atoms with van der Waals surface area (Å²) in [6.07, 6.45) is 30.8. The minimum absolute atomic E-state index is 0.0133. The Morgan fingerprint density at radius 2 is 1.10 bits per heavy atom. The van der Waals surface area contributed by atoms with Crippen LogP contribution in [0.5, 0.6) is 0 Å². The zero-order valence-corrected chi connectivity index (χ0v) is 27.6. The number of aromatic amines is 1. The summed E-state index contributed by atoms with van der Waals surface area (Å²) in [4.78, 5) is 3.69. The molecule has 3 rings (SSSR count). The Bertz CT molecular complexity index is 1040. The first-order valence-electron chi connectivity index (χ1n) is 17.8. The molecule has 1 heterocycles. The van der Waals surface area contributed by atoms with E-state index >= 15 is 0 Å². The molecule has 0 aliphatic heterocycles. The molecule has 1 N–H and O–H groups in total. The van der Waals surface area contributed by atoms with Crippen molar-refractivity contribution in [3.63, 3.8) is 0 Å². The summed E-state index contributed by atoms with van der Waals surface area (Å²) in [6, 6.07) is 22.4. The first-order valence-corrected chi connectivity index (χ1v) is 17.8. The van der Waals surface area contributed by atoms with Gasteiger partial charge in [0.05, 0.1) is 12.5 Å². The Morgan fingerprint density at radius 3 is 1.60 bits per heavy atom. The summed E-state index contributed by atoms with van der Waals surface area (Å²) in [5, 5.41) is 0. The second kappa shape index (κ2) is 20.5. The van der Waals surface area contributed by atoms with Crippen LogP contribution in [-0.4, -0.2) is 4.98 Å². The SMILES string of the molecule is CCCCCCCCCCCCCCCCCCCC(c1[nH]cc[n+]1CC)C(C)(Cc1ccccc1)c1ccccc1. The van der Waals surface area contributed by atoms with Crippen molar-refractivity contribution >= 4 is 0 Å². The Kier molecular flexibility index (Phi) is 16.7. The van der Waals surface area contributed by atoms with Gasteiger partial charge in [-0.25, -0.2) is 9.55 Å². The number of hydrogen-bond donors (Lipinski definition) is 1. The van der Waals surface area contributed by atoms with E-state index in [1.807, 2.05) is 0 Å². The van der Waals surface area contributed by atoms with E-state index in [1.54, 1.807) is 0 Å². The van der Waals surface area contributed by atoms with Gasteiger partial charge in [0.1, 0.15) is 12.4 Å². The van der Waals surface area contributed by atoms with Gasteiger partial charge in [0.2, 0.25) is 0 Å². The van der Waals surface area contributed by atoms with Crippen LogP contribution in [0.4, 0.5) is 0 Å². The van der Waals surface area contributed by atoms with E-state index < -0.39 is 0 Å². The summed E-state index contributed by atoms with van der Waals surface area (Å²) in [7, 11) is 0. The monoisotopic (exact) mass is 571 g/mol. The number of nitrogens with zero attached hydrogens (tertiary/aromatic N) is 1. The summed E-state index contributed by atoms with van der Waals surface area (Å²) < 4.78 is 2.43. The normalized spacial score (nSPS) is 13.7. The molecule has 0 saturated carbocycles. The Balaban J connectivity index is 1.44. The Morgan fingerprint density at radius 1 is 0.619 bits per heavy atom. The van der Waals surface area contributed by atoms with Crippen molar-refractivity contribution in [3.05, 3.63) is 90.0 Å². The van der Waals surface area contributed by atoms with E-state index in [0.29, 0.717) is 5.92 Å². The van der Waals surface area contributed by atoms with Crippen LogP contribution in [0.25, 0.3) is 0 Å². The van der Waals surface area contributed by atoms with Crippen LogP contribution in [-0.2, 0) is 18.4 Å². The zero-order valence-electron chi connectivity index (χ0n) is 27.6. The van der Waals surface area contributed by atoms with E-state index in [2.05, 4.69) is 103 Å². The minimum Gasteiger partial charge on any atom is -0.247 e. The summed E-state index contributed by atoms with van der Waals surface area (Å²) in [5.74, 6) is 1.82. The smallest absolute Gasteiger partial charge is 0.247 e. The molecule has 0 bridgehead atoms. The first kappa shape index (κ1) is 34.1. The summed E-state index contributed by atoms with van der Waals surface area (Å²) in [5.41, 5.74) is 2.88. The first-order chi connectivity index (χ1) is 20.7. The van der Waals surface area contributed by atoms with Crippen molar-refractivity contribution in [3.8, 4) is 0 Å². The van der Waals surface area contributed by atoms with Crippen molar-refractivity contribution < 1.29 is 4.57 Å². The number of aryl methyl sites for hydroxylation is 1. The molecule has 2 atom stereocenters. The summed E-state index contributed by atoms with van der Waals surface area (Å²) in [6.45, 7) is 8.08. The molecule has 1 aromatic heterocycles. The number of benzene rings is 2. The van der Waals surface area contributed by atoms with Crippen LogP contribution in [0, 0.1) is 0 Å². The zero-order chi connectivity index (χ0) is 29.7. The molecular weight excluding hydrogens is 508 g/mol. The lowest BCUT2D eigenvalue weighted by Gasteiger charge is -2.37. The molecule has 2 nitrogen and oxygen atoms in total. The third-order valence-corrected chi connectivity index (χ3v) is 9.68. The lowest BCUT2D eigenvalue weighted by Crippen LogP contribution is -2.43. The Hall–Kier alpha value is -2.35. The van der Waals surface area contributed by atoms with Crippen LogP contribution in [0.1, 0.15) is 159 Å². The molecule has 232 valence electrons. The van der Waals surface area contributed by atoms with Gasteiger partial charge in [-0.3, -0.25) is 0 Å². The van der Waals surface area contributed by atoms with Crippen LogP contribution in [0.2, 0.25) is 0 Å². The predicted octanol–water partition coefficient (Wildman–Crippen LogP) is 11.6. The second-order valence-electron chi connectivity index (χ2n) is 13.1. The number of H-pyrrole nitrogens is 1.